The van der Waals surface area contributed by atoms with Gasteiger partial charge in [0.1, 0.15) is 6.04 Å². The topological polar surface area (TPSA) is 127 Å². The number of carbonyl (C=O) groups excluding carboxylic acids is 1. The predicted octanol–water partition coefficient (Wildman–Crippen LogP) is 0.332. The first-order chi connectivity index (χ1) is 9.27. The SMILES string of the molecule is C[C@](OC(=O)CC(N)C(=O)O)(C(=O)O)c1ccccc1. The van der Waals surface area contributed by atoms with Gasteiger partial charge in [0.05, 0.1) is 6.42 Å². The van der Waals surface area contributed by atoms with E-state index in [9.17, 15) is 19.5 Å². The zero-order chi connectivity index (χ0) is 15.3. The molecule has 0 aliphatic carbocycles. The van der Waals surface area contributed by atoms with Gasteiger partial charge < -0.3 is 20.7 Å². The van der Waals surface area contributed by atoms with E-state index < -0.39 is 36.0 Å². The van der Waals surface area contributed by atoms with Gasteiger partial charge in [-0.2, -0.15) is 0 Å². The molecule has 0 heterocycles. The van der Waals surface area contributed by atoms with Gasteiger partial charge in [-0.05, 0) is 6.92 Å². The Hall–Kier alpha value is -2.41. The van der Waals surface area contributed by atoms with Crippen LogP contribution >= 0.6 is 0 Å². The minimum atomic E-state index is -1.89. The summed E-state index contributed by atoms with van der Waals surface area (Å²) in [4.78, 5) is 33.5. The number of hydrogen-bond donors (Lipinski definition) is 3. The number of aliphatic carboxylic acids is 2. The lowest BCUT2D eigenvalue weighted by Crippen LogP contribution is -2.40. The molecule has 0 spiro atoms. The summed E-state index contributed by atoms with van der Waals surface area (Å²) in [5.74, 6) is -3.71. The molecule has 1 aromatic rings. The Morgan fingerprint density at radius 1 is 1.25 bits per heavy atom. The highest BCUT2D eigenvalue weighted by Gasteiger charge is 2.39. The molecule has 0 aliphatic rings. The number of esters is 1. The maximum Gasteiger partial charge on any atom is 0.352 e. The van der Waals surface area contributed by atoms with Crippen molar-refractivity contribution in [3.05, 3.63) is 35.9 Å². The van der Waals surface area contributed by atoms with Crippen LogP contribution in [-0.2, 0) is 24.7 Å². The van der Waals surface area contributed by atoms with Crippen molar-refractivity contribution in [1.29, 1.82) is 0 Å². The Morgan fingerprint density at radius 3 is 2.25 bits per heavy atom. The van der Waals surface area contributed by atoms with E-state index in [4.69, 9.17) is 15.6 Å². The van der Waals surface area contributed by atoms with Crippen molar-refractivity contribution in [2.24, 2.45) is 5.73 Å². The molecular formula is C13H15NO6. The van der Waals surface area contributed by atoms with Crippen LogP contribution in [0.15, 0.2) is 30.3 Å². The maximum atomic E-state index is 11.6. The Balaban J connectivity index is 2.91. The van der Waals surface area contributed by atoms with Crippen molar-refractivity contribution in [2.75, 3.05) is 0 Å². The fourth-order valence-corrected chi connectivity index (χ4v) is 1.52. The molecule has 0 saturated carbocycles. The van der Waals surface area contributed by atoms with Gasteiger partial charge in [-0.3, -0.25) is 9.59 Å². The number of carboxylic acid groups (broad SMARTS) is 2. The molecule has 0 fully saturated rings. The molecule has 0 bridgehead atoms. The standard InChI is InChI=1S/C13H15NO6/c1-13(12(18)19,8-5-3-2-4-6-8)20-10(15)7-9(14)11(16)17/h2-6,9H,7,14H2,1H3,(H,16,17)(H,18,19)/t9?,13-/m1/s1. The van der Waals surface area contributed by atoms with Crippen molar-refractivity contribution in [1.82, 2.24) is 0 Å². The number of hydrogen-bond acceptors (Lipinski definition) is 5. The van der Waals surface area contributed by atoms with Gasteiger partial charge in [-0.25, -0.2) is 4.79 Å². The van der Waals surface area contributed by atoms with Crippen LogP contribution in [0.2, 0.25) is 0 Å². The molecule has 7 nitrogen and oxygen atoms in total. The Kier molecular flexibility index (Phi) is 4.82. The van der Waals surface area contributed by atoms with E-state index in [1.54, 1.807) is 18.2 Å². The maximum absolute atomic E-state index is 11.6. The minimum absolute atomic E-state index is 0.268. The number of carbonyl (C=O) groups is 3. The first-order valence-corrected chi connectivity index (χ1v) is 5.76. The fraction of sp³-hybridized carbons (Fsp3) is 0.308. The monoisotopic (exact) mass is 281 g/mol. The van der Waals surface area contributed by atoms with E-state index in [-0.39, 0.29) is 5.56 Å². The molecule has 7 heteroatoms. The number of ether oxygens (including phenoxy) is 1. The second kappa shape index (κ2) is 6.16. The van der Waals surface area contributed by atoms with Crippen molar-refractivity contribution in [2.45, 2.75) is 25.0 Å². The highest BCUT2D eigenvalue weighted by molar-refractivity contribution is 5.85. The Labute approximate surface area is 115 Å². The Morgan fingerprint density at radius 2 is 1.80 bits per heavy atom. The summed E-state index contributed by atoms with van der Waals surface area (Å²) in [5.41, 5.74) is 3.58. The molecule has 1 rings (SSSR count). The molecule has 4 N–H and O–H groups in total. The second-order valence-corrected chi connectivity index (χ2v) is 4.33. The third-order valence-corrected chi connectivity index (χ3v) is 2.75. The summed E-state index contributed by atoms with van der Waals surface area (Å²) in [7, 11) is 0. The van der Waals surface area contributed by atoms with Gasteiger partial charge in [-0.15, -0.1) is 0 Å². The van der Waals surface area contributed by atoms with Crippen molar-refractivity contribution in [3.8, 4) is 0 Å². The normalized spacial score (nSPS) is 14.9. The largest absolute Gasteiger partial charge is 0.480 e. The quantitative estimate of drug-likeness (QED) is 0.641. The number of benzene rings is 1. The second-order valence-electron chi connectivity index (χ2n) is 4.33. The number of rotatable bonds is 6. The summed E-state index contributed by atoms with van der Waals surface area (Å²) in [6, 6.07) is 6.46. The van der Waals surface area contributed by atoms with E-state index in [0.29, 0.717) is 0 Å². The molecule has 0 saturated heterocycles. The van der Waals surface area contributed by atoms with Crippen LogP contribution in [0.25, 0.3) is 0 Å². The van der Waals surface area contributed by atoms with Crippen LogP contribution in [-0.4, -0.2) is 34.2 Å². The van der Waals surface area contributed by atoms with Crippen LogP contribution in [0.1, 0.15) is 18.9 Å². The average molecular weight is 281 g/mol. The van der Waals surface area contributed by atoms with Gasteiger partial charge in [-0.1, -0.05) is 30.3 Å². The Bertz CT molecular complexity index is 515. The van der Waals surface area contributed by atoms with E-state index in [1.807, 2.05) is 0 Å². The third kappa shape index (κ3) is 3.55. The lowest BCUT2D eigenvalue weighted by Gasteiger charge is -2.25. The van der Waals surface area contributed by atoms with Crippen LogP contribution in [0.5, 0.6) is 0 Å². The molecule has 2 atom stereocenters. The first kappa shape index (κ1) is 15.6. The molecular weight excluding hydrogens is 266 g/mol. The van der Waals surface area contributed by atoms with E-state index in [1.165, 1.54) is 19.1 Å². The molecule has 0 radical (unpaired) electrons. The summed E-state index contributed by atoms with van der Waals surface area (Å²) < 4.78 is 4.92. The summed E-state index contributed by atoms with van der Waals surface area (Å²) in [6.45, 7) is 1.22. The van der Waals surface area contributed by atoms with Gasteiger partial charge in [0, 0.05) is 5.56 Å². The zero-order valence-corrected chi connectivity index (χ0v) is 10.8. The van der Waals surface area contributed by atoms with Crippen LogP contribution in [0.4, 0.5) is 0 Å². The number of nitrogens with two attached hydrogens (primary N) is 1. The minimum Gasteiger partial charge on any atom is -0.480 e. The van der Waals surface area contributed by atoms with Crippen molar-refractivity contribution in [3.63, 3.8) is 0 Å². The van der Waals surface area contributed by atoms with Crippen molar-refractivity contribution >= 4 is 17.9 Å². The van der Waals surface area contributed by atoms with Gasteiger partial charge in [0.15, 0.2) is 0 Å². The van der Waals surface area contributed by atoms with Gasteiger partial charge in [0.25, 0.3) is 0 Å². The molecule has 1 aromatic carbocycles. The van der Waals surface area contributed by atoms with E-state index in [2.05, 4.69) is 0 Å². The molecule has 0 aromatic heterocycles. The first-order valence-electron chi connectivity index (χ1n) is 5.76. The summed E-state index contributed by atoms with van der Waals surface area (Å²) in [5, 5.41) is 17.9. The fourth-order valence-electron chi connectivity index (χ4n) is 1.52. The highest BCUT2D eigenvalue weighted by atomic mass is 16.6. The smallest absolute Gasteiger partial charge is 0.352 e. The zero-order valence-electron chi connectivity index (χ0n) is 10.8. The van der Waals surface area contributed by atoms with E-state index >= 15 is 0 Å². The summed E-state index contributed by atoms with van der Waals surface area (Å²) in [6.07, 6.45) is -0.606. The summed E-state index contributed by atoms with van der Waals surface area (Å²) >= 11 is 0. The van der Waals surface area contributed by atoms with Gasteiger partial charge >= 0.3 is 17.9 Å². The average Bonchev–Trinajstić information content (AvgIpc) is 2.38. The number of carboxylic acids is 2. The third-order valence-electron chi connectivity index (χ3n) is 2.75. The van der Waals surface area contributed by atoms with Gasteiger partial charge in [0.2, 0.25) is 5.60 Å². The predicted molar refractivity (Wildman–Crippen MR) is 67.8 cm³/mol. The lowest BCUT2D eigenvalue weighted by molar-refractivity contribution is -0.178. The molecule has 108 valence electrons. The lowest BCUT2D eigenvalue weighted by atomic mass is 9.96. The highest BCUT2D eigenvalue weighted by Crippen LogP contribution is 2.26. The van der Waals surface area contributed by atoms with Crippen LogP contribution in [0.3, 0.4) is 0 Å². The molecule has 0 aliphatic heterocycles. The van der Waals surface area contributed by atoms with Crippen molar-refractivity contribution < 1.29 is 29.3 Å². The molecule has 20 heavy (non-hydrogen) atoms. The molecule has 0 amide bonds. The van der Waals surface area contributed by atoms with Crippen LogP contribution in [0, 0.1) is 0 Å². The van der Waals surface area contributed by atoms with Crippen LogP contribution < -0.4 is 5.73 Å². The molecule has 1 unspecified atom stereocenters. The van der Waals surface area contributed by atoms with E-state index in [0.717, 1.165) is 0 Å².